The summed E-state index contributed by atoms with van der Waals surface area (Å²) in [6.45, 7) is 2.31. The molecule has 0 atom stereocenters. The van der Waals surface area contributed by atoms with E-state index in [0.29, 0.717) is 12.1 Å². The van der Waals surface area contributed by atoms with Gasteiger partial charge in [-0.1, -0.05) is 18.2 Å². The standard InChI is InChI=1S/C14H15N3O2/c1-10-8-12(6-7-14(10)17(18)19)16-9-11-4-2-3-5-13(11)15/h2-8,16H,9,15H2,1H3. The number of nitro groups is 1. The molecular formula is C14H15N3O2. The zero-order valence-electron chi connectivity index (χ0n) is 10.6. The fraction of sp³-hybridized carbons (Fsp3) is 0.143. The van der Waals surface area contributed by atoms with Gasteiger partial charge in [0, 0.05) is 29.5 Å². The van der Waals surface area contributed by atoms with E-state index in [2.05, 4.69) is 5.32 Å². The third kappa shape index (κ3) is 3.01. The van der Waals surface area contributed by atoms with E-state index in [-0.39, 0.29) is 10.6 Å². The summed E-state index contributed by atoms with van der Waals surface area (Å²) < 4.78 is 0. The van der Waals surface area contributed by atoms with Crippen LogP contribution in [-0.4, -0.2) is 4.92 Å². The molecule has 0 fully saturated rings. The molecule has 0 aliphatic heterocycles. The van der Waals surface area contributed by atoms with Crippen molar-refractivity contribution in [1.82, 2.24) is 0 Å². The maximum atomic E-state index is 10.7. The highest BCUT2D eigenvalue weighted by Gasteiger charge is 2.09. The summed E-state index contributed by atoms with van der Waals surface area (Å²) in [7, 11) is 0. The van der Waals surface area contributed by atoms with Gasteiger partial charge in [0.2, 0.25) is 0 Å². The van der Waals surface area contributed by atoms with E-state index in [1.54, 1.807) is 19.1 Å². The number of aryl methyl sites for hydroxylation is 1. The molecule has 0 bridgehead atoms. The van der Waals surface area contributed by atoms with Crippen molar-refractivity contribution in [2.45, 2.75) is 13.5 Å². The molecule has 5 nitrogen and oxygen atoms in total. The summed E-state index contributed by atoms with van der Waals surface area (Å²) in [6, 6.07) is 12.6. The molecule has 98 valence electrons. The Hall–Kier alpha value is -2.56. The van der Waals surface area contributed by atoms with Crippen LogP contribution < -0.4 is 11.1 Å². The van der Waals surface area contributed by atoms with Gasteiger partial charge in [0.05, 0.1) is 4.92 Å². The summed E-state index contributed by atoms with van der Waals surface area (Å²) in [5.41, 5.74) is 9.18. The number of nitro benzene ring substituents is 1. The quantitative estimate of drug-likeness (QED) is 0.501. The van der Waals surface area contributed by atoms with E-state index < -0.39 is 0 Å². The third-order valence-electron chi connectivity index (χ3n) is 2.93. The largest absolute Gasteiger partial charge is 0.398 e. The van der Waals surface area contributed by atoms with Crippen LogP contribution >= 0.6 is 0 Å². The van der Waals surface area contributed by atoms with E-state index in [1.165, 1.54) is 6.07 Å². The number of nitrogens with two attached hydrogens (primary N) is 1. The van der Waals surface area contributed by atoms with Gasteiger partial charge in [0.25, 0.3) is 5.69 Å². The molecule has 0 unspecified atom stereocenters. The second kappa shape index (κ2) is 5.39. The zero-order chi connectivity index (χ0) is 13.8. The van der Waals surface area contributed by atoms with Crippen LogP contribution in [0.2, 0.25) is 0 Å². The van der Waals surface area contributed by atoms with Crippen molar-refractivity contribution >= 4 is 17.1 Å². The molecule has 3 N–H and O–H groups in total. The summed E-state index contributed by atoms with van der Waals surface area (Å²) >= 11 is 0. The van der Waals surface area contributed by atoms with Crippen LogP contribution in [0.4, 0.5) is 17.1 Å². The summed E-state index contributed by atoms with van der Waals surface area (Å²) in [4.78, 5) is 10.3. The van der Waals surface area contributed by atoms with Crippen LogP contribution in [-0.2, 0) is 6.54 Å². The van der Waals surface area contributed by atoms with Crippen LogP contribution in [0.25, 0.3) is 0 Å². The second-order valence-corrected chi connectivity index (χ2v) is 4.31. The van der Waals surface area contributed by atoms with Crippen molar-refractivity contribution in [2.24, 2.45) is 0 Å². The monoisotopic (exact) mass is 257 g/mol. The molecule has 0 radical (unpaired) electrons. The first-order chi connectivity index (χ1) is 9.08. The maximum Gasteiger partial charge on any atom is 0.272 e. The number of nitrogen functional groups attached to an aromatic ring is 1. The third-order valence-corrected chi connectivity index (χ3v) is 2.93. The van der Waals surface area contributed by atoms with Gasteiger partial charge in [-0.3, -0.25) is 10.1 Å². The van der Waals surface area contributed by atoms with E-state index >= 15 is 0 Å². The van der Waals surface area contributed by atoms with Gasteiger partial charge in [-0.15, -0.1) is 0 Å². The van der Waals surface area contributed by atoms with Crippen molar-refractivity contribution in [1.29, 1.82) is 0 Å². The first kappa shape index (κ1) is 12.9. The van der Waals surface area contributed by atoms with Crippen molar-refractivity contribution in [2.75, 3.05) is 11.1 Å². The Kier molecular flexibility index (Phi) is 3.66. The zero-order valence-corrected chi connectivity index (χ0v) is 10.6. The molecule has 2 aromatic carbocycles. The Morgan fingerprint density at radius 2 is 2.00 bits per heavy atom. The SMILES string of the molecule is Cc1cc(NCc2ccccc2N)ccc1[N+](=O)[O-]. The highest BCUT2D eigenvalue weighted by atomic mass is 16.6. The molecular weight excluding hydrogens is 242 g/mol. The number of benzene rings is 2. The summed E-state index contributed by atoms with van der Waals surface area (Å²) in [5.74, 6) is 0. The number of hydrogen-bond acceptors (Lipinski definition) is 4. The number of nitrogens with one attached hydrogen (secondary N) is 1. The van der Waals surface area contributed by atoms with Gasteiger partial charge < -0.3 is 11.1 Å². The topological polar surface area (TPSA) is 81.2 Å². The highest BCUT2D eigenvalue weighted by molar-refractivity contribution is 5.55. The molecule has 2 rings (SSSR count). The van der Waals surface area contributed by atoms with Crippen LogP contribution in [0, 0.1) is 17.0 Å². The van der Waals surface area contributed by atoms with Crippen molar-refractivity contribution in [3.8, 4) is 0 Å². The number of hydrogen-bond donors (Lipinski definition) is 2. The lowest BCUT2D eigenvalue weighted by Gasteiger charge is -2.09. The smallest absolute Gasteiger partial charge is 0.272 e. The Labute approximate surface area is 111 Å². The fourth-order valence-electron chi connectivity index (χ4n) is 1.86. The lowest BCUT2D eigenvalue weighted by atomic mass is 10.1. The highest BCUT2D eigenvalue weighted by Crippen LogP contribution is 2.22. The van der Waals surface area contributed by atoms with Crippen molar-refractivity contribution < 1.29 is 4.92 Å². The van der Waals surface area contributed by atoms with Gasteiger partial charge in [0.1, 0.15) is 0 Å². The van der Waals surface area contributed by atoms with Crippen LogP contribution in [0.15, 0.2) is 42.5 Å². The van der Waals surface area contributed by atoms with Crippen molar-refractivity contribution in [3.63, 3.8) is 0 Å². The first-order valence-electron chi connectivity index (χ1n) is 5.90. The lowest BCUT2D eigenvalue weighted by Crippen LogP contribution is -2.03. The van der Waals surface area contributed by atoms with Gasteiger partial charge in [-0.05, 0) is 30.7 Å². The van der Waals surface area contributed by atoms with Gasteiger partial charge in [-0.2, -0.15) is 0 Å². The first-order valence-corrected chi connectivity index (χ1v) is 5.90. The number of anilines is 2. The van der Waals surface area contributed by atoms with E-state index in [0.717, 1.165) is 16.9 Å². The molecule has 0 spiro atoms. The fourth-order valence-corrected chi connectivity index (χ4v) is 1.86. The van der Waals surface area contributed by atoms with Gasteiger partial charge >= 0.3 is 0 Å². The molecule has 0 amide bonds. The molecule has 19 heavy (non-hydrogen) atoms. The van der Waals surface area contributed by atoms with Crippen molar-refractivity contribution in [3.05, 3.63) is 63.7 Å². The molecule has 0 saturated heterocycles. The Bertz CT molecular complexity index is 611. The van der Waals surface area contributed by atoms with Crippen LogP contribution in [0.3, 0.4) is 0 Å². The predicted octanol–water partition coefficient (Wildman–Crippen LogP) is 3.10. The minimum atomic E-state index is -0.381. The van der Waals surface area contributed by atoms with Gasteiger partial charge in [0.15, 0.2) is 0 Å². The molecule has 0 heterocycles. The number of nitrogens with zero attached hydrogens (tertiary/aromatic N) is 1. The van der Waals surface area contributed by atoms with E-state index in [1.807, 2.05) is 24.3 Å². The minimum Gasteiger partial charge on any atom is -0.398 e. The molecule has 0 saturated carbocycles. The molecule has 0 aliphatic carbocycles. The summed E-state index contributed by atoms with van der Waals surface area (Å²) in [5, 5.41) is 13.9. The van der Waals surface area contributed by atoms with Crippen LogP contribution in [0.1, 0.15) is 11.1 Å². The molecule has 0 aromatic heterocycles. The normalized spacial score (nSPS) is 10.2. The average molecular weight is 257 g/mol. The van der Waals surface area contributed by atoms with Crippen LogP contribution in [0.5, 0.6) is 0 Å². The number of para-hydroxylation sites is 1. The lowest BCUT2D eigenvalue weighted by molar-refractivity contribution is -0.385. The summed E-state index contributed by atoms with van der Waals surface area (Å²) in [6.07, 6.45) is 0. The molecule has 5 heteroatoms. The van der Waals surface area contributed by atoms with E-state index in [9.17, 15) is 10.1 Å². The Morgan fingerprint density at radius 1 is 1.26 bits per heavy atom. The van der Waals surface area contributed by atoms with E-state index in [4.69, 9.17) is 5.73 Å². The van der Waals surface area contributed by atoms with Gasteiger partial charge in [-0.25, -0.2) is 0 Å². The molecule has 2 aromatic rings. The second-order valence-electron chi connectivity index (χ2n) is 4.31. The maximum absolute atomic E-state index is 10.7. The average Bonchev–Trinajstić information content (AvgIpc) is 2.37. The Morgan fingerprint density at radius 3 is 2.63 bits per heavy atom. The predicted molar refractivity (Wildman–Crippen MR) is 76.0 cm³/mol. The Balaban J connectivity index is 2.11. The number of rotatable bonds is 4. The minimum absolute atomic E-state index is 0.129. The molecule has 0 aliphatic rings.